The maximum atomic E-state index is 11.5. The number of nitrogens with one attached hydrogen (secondary N) is 2. The summed E-state index contributed by atoms with van der Waals surface area (Å²) in [6.45, 7) is 0. The smallest absolute Gasteiger partial charge is 0.258 e. The van der Waals surface area contributed by atoms with Gasteiger partial charge in [-0.3, -0.25) is 10.1 Å². The summed E-state index contributed by atoms with van der Waals surface area (Å²) >= 11 is 7.02. The van der Waals surface area contributed by atoms with Crippen molar-refractivity contribution < 1.29 is 4.79 Å². The van der Waals surface area contributed by atoms with Gasteiger partial charge in [0.05, 0.1) is 9.90 Å². The molecule has 0 unspecified atom stereocenters. The van der Waals surface area contributed by atoms with Crippen LogP contribution in [-0.4, -0.2) is 15.9 Å². The minimum absolute atomic E-state index is 0.219. The van der Waals surface area contributed by atoms with E-state index in [1.807, 2.05) is 0 Å². The molecule has 0 fully saturated rings. The molecule has 6 heteroatoms. The minimum Gasteiger partial charge on any atom is -0.331 e. The molecular formula is C8H6ClN3OS. The average Bonchev–Trinajstić information content (AvgIpc) is 2.75. The second kappa shape index (κ2) is 3.81. The van der Waals surface area contributed by atoms with Crippen LogP contribution in [0.2, 0.25) is 4.34 Å². The molecule has 2 aromatic rings. The van der Waals surface area contributed by atoms with Crippen LogP contribution in [0.15, 0.2) is 23.8 Å². The lowest BCUT2D eigenvalue weighted by Gasteiger charge is -1.97. The third kappa shape index (κ3) is 1.94. The van der Waals surface area contributed by atoms with E-state index < -0.39 is 0 Å². The summed E-state index contributed by atoms with van der Waals surface area (Å²) in [4.78, 5) is 18.1. The van der Waals surface area contributed by atoms with Crippen molar-refractivity contribution in [3.63, 3.8) is 0 Å². The van der Waals surface area contributed by atoms with Gasteiger partial charge in [-0.2, -0.15) is 0 Å². The first kappa shape index (κ1) is 9.23. The number of halogens is 1. The van der Waals surface area contributed by atoms with Gasteiger partial charge in [0.15, 0.2) is 0 Å². The Balaban J connectivity index is 2.10. The van der Waals surface area contributed by atoms with E-state index in [-0.39, 0.29) is 5.91 Å². The molecular weight excluding hydrogens is 222 g/mol. The van der Waals surface area contributed by atoms with Crippen molar-refractivity contribution in [1.29, 1.82) is 0 Å². The molecule has 0 spiro atoms. The highest BCUT2D eigenvalue weighted by molar-refractivity contribution is 7.14. The predicted molar refractivity (Wildman–Crippen MR) is 55.9 cm³/mol. The van der Waals surface area contributed by atoms with Crippen LogP contribution in [0.4, 0.5) is 5.95 Å². The summed E-state index contributed by atoms with van der Waals surface area (Å²) in [6.07, 6.45) is 3.20. The first-order chi connectivity index (χ1) is 6.75. The Labute approximate surface area is 88.9 Å². The van der Waals surface area contributed by atoms with Gasteiger partial charge < -0.3 is 4.98 Å². The lowest BCUT2D eigenvalue weighted by atomic mass is 10.3. The van der Waals surface area contributed by atoms with Gasteiger partial charge in [0.1, 0.15) is 0 Å². The highest BCUT2D eigenvalue weighted by Crippen LogP contribution is 2.20. The molecule has 2 heterocycles. The molecule has 0 bridgehead atoms. The predicted octanol–water partition coefficient (Wildman–Crippen LogP) is 2.38. The van der Waals surface area contributed by atoms with Crippen LogP contribution in [0.3, 0.4) is 0 Å². The standard InChI is InChI=1S/C8H6ClN3OS/c9-6-3-5(4-14-6)7(13)12-8-10-1-2-11-8/h1-4H,(H2,10,11,12,13). The number of thiophene rings is 1. The number of hydrogen-bond acceptors (Lipinski definition) is 3. The number of H-pyrrole nitrogens is 1. The van der Waals surface area contributed by atoms with Crippen molar-refractivity contribution in [3.8, 4) is 0 Å². The third-order valence-electron chi connectivity index (χ3n) is 1.56. The first-order valence-corrected chi connectivity index (χ1v) is 5.06. The van der Waals surface area contributed by atoms with Crippen LogP contribution in [0.25, 0.3) is 0 Å². The fourth-order valence-electron chi connectivity index (χ4n) is 0.942. The van der Waals surface area contributed by atoms with E-state index in [1.165, 1.54) is 11.3 Å². The van der Waals surface area contributed by atoms with Crippen molar-refractivity contribution >= 4 is 34.8 Å². The Bertz CT molecular complexity index is 437. The van der Waals surface area contributed by atoms with Gasteiger partial charge >= 0.3 is 0 Å². The Morgan fingerprint density at radius 1 is 1.64 bits per heavy atom. The highest BCUT2D eigenvalue weighted by atomic mass is 35.5. The largest absolute Gasteiger partial charge is 0.331 e. The Morgan fingerprint density at radius 3 is 3.07 bits per heavy atom. The zero-order chi connectivity index (χ0) is 9.97. The molecule has 2 rings (SSSR count). The van der Waals surface area contributed by atoms with Crippen LogP contribution >= 0.6 is 22.9 Å². The molecule has 0 atom stereocenters. The maximum absolute atomic E-state index is 11.5. The van der Waals surface area contributed by atoms with Crippen LogP contribution < -0.4 is 5.32 Å². The van der Waals surface area contributed by atoms with Gasteiger partial charge in [0.2, 0.25) is 5.95 Å². The van der Waals surface area contributed by atoms with Crippen LogP contribution in [0.5, 0.6) is 0 Å². The zero-order valence-corrected chi connectivity index (χ0v) is 8.52. The third-order valence-corrected chi connectivity index (χ3v) is 2.65. The van der Waals surface area contributed by atoms with Crippen molar-refractivity contribution in [3.05, 3.63) is 33.7 Å². The number of carbonyl (C=O) groups is 1. The topological polar surface area (TPSA) is 57.8 Å². The van der Waals surface area contributed by atoms with Crippen LogP contribution in [0.1, 0.15) is 10.4 Å². The monoisotopic (exact) mass is 227 g/mol. The van der Waals surface area contributed by atoms with Gasteiger partial charge in [0.25, 0.3) is 5.91 Å². The summed E-state index contributed by atoms with van der Waals surface area (Å²) < 4.78 is 0.592. The van der Waals surface area contributed by atoms with E-state index in [9.17, 15) is 4.79 Å². The van der Waals surface area contributed by atoms with Crippen LogP contribution in [0, 0.1) is 0 Å². The van der Waals surface area contributed by atoms with E-state index in [4.69, 9.17) is 11.6 Å². The first-order valence-electron chi connectivity index (χ1n) is 3.80. The molecule has 0 radical (unpaired) electrons. The number of aromatic nitrogens is 2. The Morgan fingerprint density at radius 2 is 2.50 bits per heavy atom. The summed E-state index contributed by atoms with van der Waals surface area (Å²) in [5, 5.41) is 4.29. The number of aromatic amines is 1. The molecule has 0 aromatic carbocycles. The molecule has 0 saturated carbocycles. The van der Waals surface area contributed by atoms with Crippen molar-refractivity contribution in [2.24, 2.45) is 0 Å². The quantitative estimate of drug-likeness (QED) is 0.828. The van der Waals surface area contributed by atoms with Crippen molar-refractivity contribution in [1.82, 2.24) is 9.97 Å². The average molecular weight is 228 g/mol. The second-order valence-corrected chi connectivity index (χ2v) is 4.07. The van der Waals surface area contributed by atoms with E-state index in [2.05, 4.69) is 15.3 Å². The molecule has 1 amide bonds. The normalized spacial score (nSPS) is 10.1. The number of imidazole rings is 1. The number of hydrogen-bond donors (Lipinski definition) is 2. The number of amides is 1. The molecule has 0 aliphatic heterocycles. The zero-order valence-electron chi connectivity index (χ0n) is 6.95. The van der Waals surface area contributed by atoms with E-state index >= 15 is 0 Å². The van der Waals surface area contributed by atoms with E-state index in [0.29, 0.717) is 15.8 Å². The fourth-order valence-corrected chi connectivity index (χ4v) is 1.80. The van der Waals surface area contributed by atoms with Gasteiger partial charge in [-0.05, 0) is 6.07 Å². The van der Waals surface area contributed by atoms with E-state index in [1.54, 1.807) is 23.8 Å². The molecule has 4 nitrogen and oxygen atoms in total. The molecule has 0 aliphatic carbocycles. The van der Waals surface area contributed by atoms with Crippen LogP contribution in [-0.2, 0) is 0 Å². The lowest BCUT2D eigenvalue weighted by Crippen LogP contribution is -2.11. The van der Waals surface area contributed by atoms with Crippen molar-refractivity contribution in [2.75, 3.05) is 5.32 Å². The number of anilines is 1. The Hall–Kier alpha value is -1.33. The lowest BCUT2D eigenvalue weighted by molar-refractivity contribution is 0.102. The summed E-state index contributed by atoms with van der Waals surface area (Å²) in [6, 6.07) is 1.62. The number of carbonyl (C=O) groups excluding carboxylic acids is 1. The SMILES string of the molecule is O=C(Nc1ncc[nH]1)c1csc(Cl)c1. The maximum Gasteiger partial charge on any atom is 0.258 e. The minimum atomic E-state index is -0.219. The van der Waals surface area contributed by atoms with E-state index in [0.717, 1.165) is 0 Å². The molecule has 72 valence electrons. The van der Waals surface area contributed by atoms with Gasteiger partial charge in [-0.25, -0.2) is 4.98 Å². The molecule has 0 saturated heterocycles. The molecule has 2 aromatic heterocycles. The fraction of sp³-hybridized carbons (Fsp3) is 0. The number of rotatable bonds is 2. The summed E-state index contributed by atoms with van der Waals surface area (Å²) in [5.74, 6) is 0.209. The van der Waals surface area contributed by atoms with Gasteiger partial charge in [0, 0.05) is 17.8 Å². The molecule has 0 aliphatic rings. The molecule has 2 N–H and O–H groups in total. The number of nitrogens with zero attached hydrogens (tertiary/aromatic N) is 1. The summed E-state index contributed by atoms with van der Waals surface area (Å²) in [7, 11) is 0. The van der Waals surface area contributed by atoms with Gasteiger partial charge in [-0.15, -0.1) is 11.3 Å². The van der Waals surface area contributed by atoms with Gasteiger partial charge in [-0.1, -0.05) is 11.6 Å². The Kier molecular flexibility index (Phi) is 2.51. The molecule has 14 heavy (non-hydrogen) atoms. The second-order valence-electron chi connectivity index (χ2n) is 2.53. The van der Waals surface area contributed by atoms with Crippen molar-refractivity contribution in [2.45, 2.75) is 0 Å². The summed E-state index contributed by atoms with van der Waals surface area (Å²) in [5.41, 5.74) is 0.538. The highest BCUT2D eigenvalue weighted by Gasteiger charge is 2.08.